The number of halogens is 1. The lowest BCUT2D eigenvalue weighted by Crippen LogP contribution is -2.23. The number of carbonyl (C=O) groups is 1. The molecule has 2 aromatic carbocycles. The normalized spacial score (nSPS) is 10.7. The molecule has 5 nitrogen and oxygen atoms in total. The van der Waals surface area contributed by atoms with E-state index < -0.39 is 0 Å². The van der Waals surface area contributed by atoms with E-state index in [4.69, 9.17) is 0 Å². The lowest BCUT2D eigenvalue weighted by Gasteiger charge is -2.11. The maximum Gasteiger partial charge on any atom is 0.261 e. The number of fused-ring (bicyclic) bond motifs is 1. The first-order valence-electron chi connectivity index (χ1n) is 8.36. The maximum atomic E-state index is 12.6. The van der Waals surface area contributed by atoms with Crippen molar-refractivity contribution in [1.82, 2.24) is 9.55 Å². The van der Waals surface area contributed by atoms with Gasteiger partial charge in [0.25, 0.3) is 5.56 Å². The SMILES string of the molecule is C=CCSc1ccccc1NC(=O)CCn1cnc2ccc(Br)cc2c1=O. The van der Waals surface area contributed by atoms with Crippen LogP contribution >= 0.6 is 27.7 Å². The topological polar surface area (TPSA) is 64.0 Å². The summed E-state index contributed by atoms with van der Waals surface area (Å²) in [4.78, 5) is 30.2. The maximum absolute atomic E-state index is 12.6. The highest BCUT2D eigenvalue weighted by Gasteiger charge is 2.09. The molecular formula is C20H18BrN3O2S. The summed E-state index contributed by atoms with van der Waals surface area (Å²) < 4.78 is 2.28. The molecule has 0 spiro atoms. The van der Waals surface area contributed by atoms with Gasteiger partial charge >= 0.3 is 0 Å². The summed E-state index contributed by atoms with van der Waals surface area (Å²) in [5, 5.41) is 3.44. The fourth-order valence-electron chi connectivity index (χ4n) is 2.57. The summed E-state index contributed by atoms with van der Waals surface area (Å²) in [5.41, 5.74) is 1.25. The van der Waals surface area contributed by atoms with Crippen LogP contribution in [0.1, 0.15) is 6.42 Å². The Morgan fingerprint density at radius 1 is 1.30 bits per heavy atom. The molecule has 0 unspecified atom stereocenters. The van der Waals surface area contributed by atoms with Crippen LogP contribution in [0.15, 0.2) is 75.6 Å². The van der Waals surface area contributed by atoms with Gasteiger partial charge in [-0.15, -0.1) is 18.3 Å². The van der Waals surface area contributed by atoms with E-state index in [1.54, 1.807) is 23.9 Å². The fourth-order valence-corrected chi connectivity index (χ4v) is 3.68. The largest absolute Gasteiger partial charge is 0.325 e. The Morgan fingerprint density at radius 3 is 2.93 bits per heavy atom. The van der Waals surface area contributed by atoms with E-state index in [1.807, 2.05) is 36.4 Å². The molecule has 0 bridgehead atoms. The van der Waals surface area contributed by atoms with E-state index in [0.29, 0.717) is 10.9 Å². The smallest absolute Gasteiger partial charge is 0.261 e. The molecule has 3 aromatic rings. The Bertz CT molecular complexity index is 1050. The number of hydrogen-bond donors (Lipinski definition) is 1. The Morgan fingerprint density at radius 2 is 2.11 bits per heavy atom. The van der Waals surface area contributed by atoms with Gasteiger partial charge in [0.1, 0.15) is 0 Å². The first-order valence-corrected chi connectivity index (χ1v) is 10.1. The van der Waals surface area contributed by atoms with E-state index in [-0.39, 0.29) is 24.4 Å². The van der Waals surface area contributed by atoms with Crippen molar-refractivity contribution in [2.75, 3.05) is 11.1 Å². The average Bonchev–Trinajstić information content (AvgIpc) is 2.67. The molecule has 0 aliphatic heterocycles. The Labute approximate surface area is 169 Å². The number of amides is 1. The Balaban J connectivity index is 1.70. The number of anilines is 1. The second kappa shape index (κ2) is 9.01. The van der Waals surface area contributed by atoms with Crippen LogP contribution in [-0.2, 0) is 11.3 Å². The standard InChI is InChI=1S/C20H18BrN3O2S/c1-2-11-27-18-6-4-3-5-17(18)23-19(25)9-10-24-13-22-16-8-7-14(21)12-15(16)20(24)26/h2-8,12-13H,1,9-11H2,(H,23,25). The molecule has 1 heterocycles. The molecule has 1 N–H and O–H groups in total. The van der Waals surface area contributed by atoms with E-state index >= 15 is 0 Å². The van der Waals surface area contributed by atoms with Crippen molar-refractivity contribution in [2.45, 2.75) is 17.9 Å². The number of benzene rings is 2. The van der Waals surface area contributed by atoms with Crippen LogP contribution in [0.3, 0.4) is 0 Å². The number of rotatable bonds is 7. The summed E-state index contributed by atoms with van der Waals surface area (Å²) in [6.45, 7) is 3.98. The highest BCUT2D eigenvalue weighted by Crippen LogP contribution is 2.27. The van der Waals surface area contributed by atoms with E-state index in [9.17, 15) is 9.59 Å². The Kier molecular flexibility index (Phi) is 6.47. The lowest BCUT2D eigenvalue weighted by molar-refractivity contribution is -0.116. The van der Waals surface area contributed by atoms with Gasteiger partial charge in [0.05, 0.1) is 22.9 Å². The molecule has 7 heteroatoms. The molecule has 3 rings (SSSR count). The number of para-hydroxylation sites is 1. The summed E-state index contributed by atoms with van der Waals surface area (Å²) in [5.74, 6) is 0.614. The lowest BCUT2D eigenvalue weighted by atomic mass is 10.2. The molecule has 0 fully saturated rings. The molecule has 0 atom stereocenters. The number of aromatic nitrogens is 2. The summed E-state index contributed by atoms with van der Waals surface area (Å²) in [7, 11) is 0. The summed E-state index contributed by atoms with van der Waals surface area (Å²) in [6, 6.07) is 13.0. The molecule has 0 aliphatic carbocycles. The average molecular weight is 444 g/mol. The molecule has 1 aromatic heterocycles. The second-order valence-electron chi connectivity index (χ2n) is 5.80. The van der Waals surface area contributed by atoms with Gasteiger partial charge in [0.15, 0.2) is 0 Å². The zero-order valence-electron chi connectivity index (χ0n) is 14.5. The fraction of sp³-hybridized carbons (Fsp3) is 0.150. The minimum absolute atomic E-state index is 0.150. The predicted molar refractivity (Wildman–Crippen MR) is 114 cm³/mol. The van der Waals surface area contributed by atoms with Gasteiger partial charge in [-0.25, -0.2) is 4.98 Å². The molecule has 0 saturated heterocycles. The number of hydrogen-bond acceptors (Lipinski definition) is 4. The number of thioether (sulfide) groups is 1. The summed E-state index contributed by atoms with van der Waals surface area (Å²) in [6.07, 6.45) is 3.49. The number of carbonyl (C=O) groups excluding carboxylic acids is 1. The van der Waals surface area contributed by atoms with Gasteiger partial charge in [-0.1, -0.05) is 34.1 Å². The molecule has 27 heavy (non-hydrogen) atoms. The van der Waals surface area contributed by atoms with Crippen molar-refractivity contribution < 1.29 is 4.79 Å². The van der Waals surface area contributed by atoms with Crippen LogP contribution < -0.4 is 10.9 Å². The first kappa shape index (κ1) is 19.4. The van der Waals surface area contributed by atoms with Crippen LogP contribution in [0, 0.1) is 0 Å². The zero-order valence-corrected chi connectivity index (χ0v) is 16.9. The van der Waals surface area contributed by atoms with Crippen molar-refractivity contribution >= 4 is 50.2 Å². The first-order chi connectivity index (χ1) is 13.1. The van der Waals surface area contributed by atoms with Crippen molar-refractivity contribution in [3.05, 3.63) is 76.3 Å². The van der Waals surface area contributed by atoms with Crippen molar-refractivity contribution in [3.8, 4) is 0 Å². The van der Waals surface area contributed by atoms with Gasteiger partial charge in [0.2, 0.25) is 5.91 Å². The van der Waals surface area contributed by atoms with Crippen LogP contribution in [0.4, 0.5) is 5.69 Å². The quantitative estimate of drug-likeness (QED) is 0.432. The monoisotopic (exact) mass is 443 g/mol. The minimum Gasteiger partial charge on any atom is -0.325 e. The van der Waals surface area contributed by atoms with Gasteiger partial charge in [-0.2, -0.15) is 0 Å². The highest BCUT2D eigenvalue weighted by molar-refractivity contribution is 9.10. The van der Waals surface area contributed by atoms with Gasteiger partial charge < -0.3 is 5.32 Å². The zero-order chi connectivity index (χ0) is 19.2. The van der Waals surface area contributed by atoms with Crippen molar-refractivity contribution in [3.63, 3.8) is 0 Å². The van der Waals surface area contributed by atoms with Crippen LogP contribution in [-0.4, -0.2) is 21.2 Å². The van der Waals surface area contributed by atoms with Crippen molar-refractivity contribution in [2.24, 2.45) is 0 Å². The molecular weight excluding hydrogens is 426 g/mol. The van der Waals surface area contributed by atoms with Gasteiger partial charge in [-0.05, 0) is 30.3 Å². The third-order valence-corrected chi connectivity index (χ3v) is 5.45. The molecule has 0 radical (unpaired) electrons. The third-order valence-electron chi connectivity index (χ3n) is 3.88. The van der Waals surface area contributed by atoms with E-state index in [0.717, 1.165) is 20.8 Å². The minimum atomic E-state index is -0.156. The van der Waals surface area contributed by atoms with E-state index in [1.165, 1.54) is 10.9 Å². The van der Waals surface area contributed by atoms with Gasteiger partial charge in [0, 0.05) is 28.1 Å². The van der Waals surface area contributed by atoms with Crippen LogP contribution in [0.25, 0.3) is 10.9 Å². The molecule has 138 valence electrons. The molecule has 1 amide bonds. The predicted octanol–water partition coefficient (Wildman–Crippen LogP) is 4.47. The van der Waals surface area contributed by atoms with Crippen LogP contribution in [0.5, 0.6) is 0 Å². The van der Waals surface area contributed by atoms with Crippen LogP contribution in [0.2, 0.25) is 0 Å². The van der Waals surface area contributed by atoms with Gasteiger partial charge in [-0.3, -0.25) is 14.2 Å². The number of nitrogens with zero attached hydrogens (tertiary/aromatic N) is 2. The number of nitrogens with one attached hydrogen (secondary N) is 1. The van der Waals surface area contributed by atoms with E-state index in [2.05, 4.69) is 32.8 Å². The van der Waals surface area contributed by atoms with Crippen molar-refractivity contribution in [1.29, 1.82) is 0 Å². The second-order valence-corrected chi connectivity index (χ2v) is 7.78. The summed E-state index contributed by atoms with van der Waals surface area (Å²) >= 11 is 4.97. The highest BCUT2D eigenvalue weighted by atomic mass is 79.9. The molecule has 0 aliphatic rings. The Hall–Kier alpha value is -2.38. The number of aryl methyl sites for hydroxylation is 1. The third kappa shape index (κ3) is 4.87. The molecule has 0 saturated carbocycles.